The highest BCUT2D eigenvalue weighted by Crippen LogP contribution is 2.33. The van der Waals surface area contributed by atoms with Crippen molar-refractivity contribution in [1.82, 2.24) is 29.8 Å². The number of aryl methyl sites for hydroxylation is 1. The summed E-state index contributed by atoms with van der Waals surface area (Å²) in [5, 5.41) is 8.48. The molecule has 0 aliphatic heterocycles. The van der Waals surface area contributed by atoms with E-state index < -0.39 is 0 Å². The number of rotatable bonds is 4. The van der Waals surface area contributed by atoms with Crippen molar-refractivity contribution in [2.24, 2.45) is 7.05 Å². The lowest BCUT2D eigenvalue weighted by molar-refractivity contribution is 0.186. The summed E-state index contributed by atoms with van der Waals surface area (Å²) in [6, 6.07) is 4.13. The predicted molar refractivity (Wildman–Crippen MR) is 87.9 cm³/mol. The largest absolute Gasteiger partial charge is 0.338 e. The van der Waals surface area contributed by atoms with Gasteiger partial charge in [-0.05, 0) is 38.4 Å². The lowest BCUT2D eigenvalue weighted by Crippen LogP contribution is -2.27. The Morgan fingerprint density at radius 1 is 1.38 bits per heavy atom. The van der Waals surface area contributed by atoms with Gasteiger partial charge >= 0.3 is 0 Å². The van der Waals surface area contributed by atoms with Crippen molar-refractivity contribution in [2.75, 3.05) is 7.05 Å². The van der Waals surface area contributed by atoms with Gasteiger partial charge in [0.2, 0.25) is 11.7 Å². The van der Waals surface area contributed by atoms with Gasteiger partial charge in [0.05, 0.1) is 12.7 Å². The Kier molecular flexibility index (Phi) is 3.86. The van der Waals surface area contributed by atoms with Gasteiger partial charge in [0.1, 0.15) is 0 Å². The summed E-state index contributed by atoms with van der Waals surface area (Å²) >= 11 is 0. The SMILES string of the molecule is CN(Cc1nc(-c2cccnc2)no1)C1CCCc2c1cnn2C. The Morgan fingerprint density at radius 2 is 2.29 bits per heavy atom. The molecule has 7 nitrogen and oxygen atoms in total. The van der Waals surface area contributed by atoms with Crippen molar-refractivity contribution >= 4 is 0 Å². The lowest BCUT2D eigenvalue weighted by atomic mass is 9.92. The quantitative estimate of drug-likeness (QED) is 0.733. The monoisotopic (exact) mass is 324 g/mol. The number of hydrogen-bond acceptors (Lipinski definition) is 6. The zero-order chi connectivity index (χ0) is 16.5. The molecule has 0 N–H and O–H groups in total. The van der Waals surface area contributed by atoms with Crippen molar-refractivity contribution in [3.05, 3.63) is 47.9 Å². The second-order valence-electron chi connectivity index (χ2n) is 6.25. The van der Waals surface area contributed by atoms with Crippen LogP contribution in [0.1, 0.15) is 36.0 Å². The number of pyridine rings is 1. The van der Waals surface area contributed by atoms with Crippen molar-refractivity contribution < 1.29 is 4.52 Å². The standard InChI is InChI=1S/C17H20N6O/c1-22(14-6-3-7-15-13(14)10-19-23(15)2)11-16-20-17(21-24-16)12-5-4-8-18-9-12/h4-5,8-10,14H,3,6-7,11H2,1-2H3. The Labute approximate surface area is 140 Å². The van der Waals surface area contributed by atoms with Gasteiger partial charge in [-0.1, -0.05) is 5.16 Å². The average Bonchev–Trinajstić information content (AvgIpc) is 3.23. The number of aromatic nitrogens is 5. The molecule has 1 unspecified atom stereocenters. The first kappa shape index (κ1) is 15.0. The van der Waals surface area contributed by atoms with Crippen LogP contribution >= 0.6 is 0 Å². The first-order valence-electron chi connectivity index (χ1n) is 8.16. The molecule has 1 aliphatic rings. The third-order valence-corrected chi connectivity index (χ3v) is 4.65. The van der Waals surface area contributed by atoms with Crippen LogP contribution in [0, 0.1) is 0 Å². The molecule has 1 atom stereocenters. The van der Waals surface area contributed by atoms with Crippen LogP contribution in [0.3, 0.4) is 0 Å². The van der Waals surface area contributed by atoms with Gasteiger partial charge in [0.25, 0.3) is 0 Å². The Morgan fingerprint density at radius 3 is 3.12 bits per heavy atom. The summed E-state index contributed by atoms with van der Waals surface area (Å²) in [6.07, 6.45) is 8.85. The van der Waals surface area contributed by atoms with E-state index in [1.54, 1.807) is 12.4 Å². The molecule has 7 heteroatoms. The van der Waals surface area contributed by atoms with Gasteiger partial charge in [-0.15, -0.1) is 0 Å². The molecule has 0 radical (unpaired) electrons. The minimum absolute atomic E-state index is 0.344. The van der Waals surface area contributed by atoms with Gasteiger partial charge in [-0.3, -0.25) is 14.6 Å². The van der Waals surface area contributed by atoms with Crippen LogP contribution in [-0.2, 0) is 20.0 Å². The second-order valence-corrected chi connectivity index (χ2v) is 6.25. The molecule has 24 heavy (non-hydrogen) atoms. The molecular formula is C17H20N6O. The van der Waals surface area contributed by atoms with E-state index in [2.05, 4.69) is 32.2 Å². The fourth-order valence-electron chi connectivity index (χ4n) is 3.40. The molecule has 0 amide bonds. The van der Waals surface area contributed by atoms with E-state index in [1.165, 1.54) is 17.7 Å². The van der Waals surface area contributed by atoms with Crippen LogP contribution in [0.5, 0.6) is 0 Å². The van der Waals surface area contributed by atoms with E-state index in [9.17, 15) is 0 Å². The zero-order valence-corrected chi connectivity index (χ0v) is 13.9. The molecule has 0 saturated carbocycles. The van der Waals surface area contributed by atoms with Gasteiger partial charge in [0.15, 0.2) is 0 Å². The van der Waals surface area contributed by atoms with Gasteiger partial charge < -0.3 is 4.52 Å². The van der Waals surface area contributed by atoms with Crippen LogP contribution < -0.4 is 0 Å². The average molecular weight is 324 g/mol. The molecule has 0 spiro atoms. The van der Waals surface area contributed by atoms with Crippen LogP contribution in [-0.4, -0.2) is 36.9 Å². The third-order valence-electron chi connectivity index (χ3n) is 4.65. The normalized spacial score (nSPS) is 17.2. The highest BCUT2D eigenvalue weighted by Gasteiger charge is 2.27. The van der Waals surface area contributed by atoms with Crippen molar-refractivity contribution in [2.45, 2.75) is 31.8 Å². The molecule has 0 bridgehead atoms. The Balaban J connectivity index is 1.51. The van der Waals surface area contributed by atoms with E-state index >= 15 is 0 Å². The maximum Gasteiger partial charge on any atom is 0.241 e. The molecule has 0 fully saturated rings. The Hall–Kier alpha value is -2.54. The fourth-order valence-corrected chi connectivity index (χ4v) is 3.40. The number of hydrogen-bond donors (Lipinski definition) is 0. The van der Waals surface area contributed by atoms with Gasteiger partial charge in [0, 0.05) is 42.3 Å². The lowest BCUT2D eigenvalue weighted by Gasteiger charge is -2.30. The van der Waals surface area contributed by atoms with Gasteiger partial charge in [-0.2, -0.15) is 10.1 Å². The summed E-state index contributed by atoms with van der Waals surface area (Å²) in [5.41, 5.74) is 3.51. The van der Waals surface area contributed by atoms with E-state index in [4.69, 9.17) is 4.52 Å². The first-order chi connectivity index (χ1) is 11.7. The molecule has 3 heterocycles. The molecular weight excluding hydrogens is 304 g/mol. The molecule has 1 aliphatic carbocycles. The topological polar surface area (TPSA) is 72.9 Å². The molecule has 3 aromatic heterocycles. The van der Waals surface area contributed by atoms with Crippen molar-refractivity contribution in [1.29, 1.82) is 0 Å². The van der Waals surface area contributed by atoms with Crippen LogP contribution in [0.25, 0.3) is 11.4 Å². The van der Waals surface area contributed by atoms with E-state index in [1.807, 2.05) is 30.1 Å². The maximum absolute atomic E-state index is 5.42. The molecule has 4 rings (SSSR count). The van der Waals surface area contributed by atoms with Crippen LogP contribution in [0.2, 0.25) is 0 Å². The van der Waals surface area contributed by atoms with E-state index in [0.717, 1.165) is 18.4 Å². The minimum Gasteiger partial charge on any atom is -0.338 e. The summed E-state index contributed by atoms with van der Waals surface area (Å²) in [4.78, 5) is 10.9. The second kappa shape index (κ2) is 6.16. The number of fused-ring (bicyclic) bond motifs is 1. The van der Waals surface area contributed by atoms with E-state index in [0.29, 0.717) is 24.3 Å². The predicted octanol–water partition coefficient (Wildman–Crippen LogP) is 2.37. The van der Waals surface area contributed by atoms with E-state index in [-0.39, 0.29) is 0 Å². The minimum atomic E-state index is 0.344. The molecule has 0 saturated heterocycles. The Bertz CT molecular complexity index is 825. The number of nitrogens with zero attached hydrogens (tertiary/aromatic N) is 6. The third kappa shape index (κ3) is 2.71. The van der Waals surface area contributed by atoms with Crippen LogP contribution in [0.4, 0.5) is 0 Å². The first-order valence-corrected chi connectivity index (χ1v) is 8.16. The van der Waals surface area contributed by atoms with Crippen molar-refractivity contribution in [3.63, 3.8) is 0 Å². The highest BCUT2D eigenvalue weighted by molar-refractivity contribution is 5.51. The summed E-state index contributed by atoms with van der Waals surface area (Å²) in [6.45, 7) is 0.617. The molecule has 0 aromatic carbocycles. The smallest absolute Gasteiger partial charge is 0.241 e. The van der Waals surface area contributed by atoms with Crippen LogP contribution in [0.15, 0.2) is 35.2 Å². The fraction of sp³-hybridized carbons (Fsp3) is 0.412. The summed E-state index contributed by atoms with van der Waals surface area (Å²) in [7, 11) is 4.11. The summed E-state index contributed by atoms with van der Waals surface area (Å²) < 4.78 is 7.41. The van der Waals surface area contributed by atoms with Gasteiger partial charge in [-0.25, -0.2) is 0 Å². The highest BCUT2D eigenvalue weighted by atomic mass is 16.5. The molecule has 124 valence electrons. The zero-order valence-electron chi connectivity index (χ0n) is 13.9. The van der Waals surface area contributed by atoms with Crippen molar-refractivity contribution in [3.8, 4) is 11.4 Å². The molecule has 3 aromatic rings. The maximum atomic E-state index is 5.42. The summed E-state index contributed by atoms with van der Waals surface area (Å²) in [5.74, 6) is 1.20.